The van der Waals surface area contributed by atoms with Gasteiger partial charge in [0.1, 0.15) is 11.6 Å². The van der Waals surface area contributed by atoms with Crippen LogP contribution in [-0.2, 0) is 0 Å². The van der Waals surface area contributed by atoms with Crippen molar-refractivity contribution in [3.8, 4) is 89.7 Å². The Morgan fingerprint density at radius 1 is 0.258 bits per heavy atom. The Kier molecular flexibility index (Phi) is 11.8. The van der Waals surface area contributed by atoms with E-state index < -0.39 is 0 Å². The van der Waals surface area contributed by atoms with Gasteiger partial charge in [-0.05, 0) is 223 Å². The summed E-state index contributed by atoms with van der Waals surface area (Å²) in [6.07, 6.45) is 1.86. The van der Waals surface area contributed by atoms with Gasteiger partial charge in [-0.3, -0.25) is 14.1 Å². The van der Waals surface area contributed by atoms with E-state index in [9.17, 15) is 0 Å². The molecule has 0 aliphatic heterocycles. The summed E-state index contributed by atoms with van der Waals surface area (Å²) in [7, 11) is 0. The smallest absolute Gasteiger partial charge is 0.145 e. The number of fused-ring (bicyclic) bond motifs is 6. The summed E-state index contributed by atoms with van der Waals surface area (Å²) in [5.41, 5.74) is 21.0. The fraction of sp³-hybridized carbons (Fsp3) is 0.0114. The van der Waals surface area contributed by atoms with Crippen molar-refractivity contribution < 1.29 is 0 Å². The molecule has 5 nitrogen and oxygen atoms in total. The molecule has 19 rings (SSSR count). The van der Waals surface area contributed by atoms with Crippen LogP contribution in [0.3, 0.4) is 0 Å². The van der Waals surface area contributed by atoms with Crippen molar-refractivity contribution in [1.82, 2.24) is 24.1 Å². The van der Waals surface area contributed by atoms with Gasteiger partial charge in [-0.25, -0.2) is 9.97 Å². The molecule has 0 fully saturated rings. The SMILES string of the molecule is Cc1nc2ccccc2n1-c1ccc(-c2c3ccccc3c(-c3ccc(-c4ccccn4)cc3)c3ccc(-c4ccc5c(-c6cc7ccc8cccc9ccc(c6)c7c89)c6ccccc6c(-c6ccc(-n7c(-c8ccccc8)nc8ccccc87)cc6)c5c4)cc23)cc1. The van der Waals surface area contributed by atoms with Crippen LogP contribution in [0.25, 0.3) is 187 Å². The summed E-state index contributed by atoms with van der Waals surface area (Å²) in [6.45, 7) is 2.09. The fourth-order valence-electron chi connectivity index (χ4n) is 15.3. The van der Waals surface area contributed by atoms with E-state index in [1.165, 1.54) is 103 Å². The number of benzene rings is 16. The molecule has 3 heterocycles. The van der Waals surface area contributed by atoms with Crippen LogP contribution >= 0.6 is 0 Å². The molecule has 0 saturated heterocycles. The lowest BCUT2D eigenvalue weighted by Gasteiger charge is -2.21. The first kappa shape index (κ1) is 52.6. The largest absolute Gasteiger partial charge is 0.297 e. The lowest BCUT2D eigenvalue weighted by Crippen LogP contribution is -1.98. The van der Waals surface area contributed by atoms with Gasteiger partial charge < -0.3 is 0 Å². The fourth-order valence-corrected chi connectivity index (χ4v) is 15.3. The molecule has 93 heavy (non-hydrogen) atoms. The molecular weight excluding hydrogens is 1130 g/mol. The molecule has 16 aromatic carbocycles. The number of aryl methyl sites for hydroxylation is 1. The van der Waals surface area contributed by atoms with Crippen molar-refractivity contribution in [3.05, 3.63) is 321 Å². The highest BCUT2D eigenvalue weighted by atomic mass is 15.1. The Hall–Kier alpha value is -12.3. The normalized spacial score (nSPS) is 11.9. The van der Waals surface area contributed by atoms with E-state index in [2.05, 4.69) is 313 Å². The molecule has 0 amide bonds. The van der Waals surface area contributed by atoms with E-state index in [4.69, 9.17) is 15.0 Å². The lowest BCUT2D eigenvalue weighted by molar-refractivity contribution is 1.00. The van der Waals surface area contributed by atoms with Crippen LogP contribution in [-0.4, -0.2) is 24.1 Å². The molecule has 5 heteroatoms. The van der Waals surface area contributed by atoms with Gasteiger partial charge in [0.2, 0.25) is 0 Å². The van der Waals surface area contributed by atoms with Gasteiger partial charge in [-0.1, -0.05) is 224 Å². The zero-order valence-electron chi connectivity index (χ0n) is 50.8. The quantitative estimate of drug-likeness (QED) is 0.107. The predicted molar refractivity (Wildman–Crippen MR) is 390 cm³/mol. The first-order valence-electron chi connectivity index (χ1n) is 31.9. The van der Waals surface area contributed by atoms with Gasteiger partial charge >= 0.3 is 0 Å². The zero-order valence-corrected chi connectivity index (χ0v) is 50.8. The van der Waals surface area contributed by atoms with Crippen molar-refractivity contribution in [2.24, 2.45) is 0 Å². The maximum Gasteiger partial charge on any atom is 0.145 e. The van der Waals surface area contributed by atoms with Gasteiger partial charge in [0.25, 0.3) is 0 Å². The third-order valence-corrected chi connectivity index (χ3v) is 19.4. The highest BCUT2D eigenvalue weighted by Gasteiger charge is 2.23. The number of nitrogens with zero attached hydrogens (tertiary/aromatic N) is 5. The minimum Gasteiger partial charge on any atom is -0.297 e. The molecule has 432 valence electrons. The minimum absolute atomic E-state index is 0.912. The molecule has 0 saturated carbocycles. The number of aromatic nitrogens is 5. The second-order valence-corrected chi connectivity index (χ2v) is 24.6. The molecule has 0 aliphatic carbocycles. The Morgan fingerprint density at radius 2 is 0.677 bits per heavy atom. The van der Waals surface area contributed by atoms with Gasteiger partial charge in [0, 0.05) is 28.7 Å². The van der Waals surface area contributed by atoms with Crippen LogP contribution in [0.1, 0.15) is 5.82 Å². The average molecular weight is 1180 g/mol. The van der Waals surface area contributed by atoms with Gasteiger partial charge in [-0.2, -0.15) is 0 Å². The van der Waals surface area contributed by atoms with E-state index in [1.807, 2.05) is 18.3 Å². The Bertz CT molecular complexity index is 6140. The topological polar surface area (TPSA) is 48.5 Å². The van der Waals surface area contributed by atoms with Crippen molar-refractivity contribution in [2.45, 2.75) is 6.92 Å². The van der Waals surface area contributed by atoms with Crippen molar-refractivity contribution in [1.29, 1.82) is 0 Å². The zero-order chi connectivity index (χ0) is 61.3. The second-order valence-electron chi connectivity index (χ2n) is 24.6. The van der Waals surface area contributed by atoms with E-state index in [0.717, 1.165) is 89.7 Å². The summed E-state index contributed by atoms with van der Waals surface area (Å²) in [5, 5.41) is 17.2. The molecule has 0 spiro atoms. The van der Waals surface area contributed by atoms with Crippen LogP contribution in [0.2, 0.25) is 0 Å². The molecule has 0 atom stereocenters. The highest BCUT2D eigenvalue weighted by molar-refractivity contribution is 6.27. The number of pyridine rings is 1. The number of hydrogen-bond donors (Lipinski definition) is 0. The maximum absolute atomic E-state index is 5.22. The average Bonchev–Trinajstić information content (AvgIpc) is 1.54. The number of para-hydroxylation sites is 4. The van der Waals surface area contributed by atoms with Crippen molar-refractivity contribution >= 4 is 97.5 Å². The molecule has 0 bridgehead atoms. The molecule has 19 aromatic rings. The van der Waals surface area contributed by atoms with Crippen LogP contribution in [0.15, 0.2) is 316 Å². The first-order chi connectivity index (χ1) is 46.0. The molecular formula is C88H55N5. The third kappa shape index (κ3) is 8.37. The summed E-state index contributed by atoms with van der Waals surface area (Å²) in [5.74, 6) is 1.87. The summed E-state index contributed by atoms with van der Waals surface area (Å²) in [4.78, 5) is 14.9. The van der Waals surface area contributed by atoms with Gasteiger partial charge in [-0.15, -0.1) is 0 Å². The predicted octanol–water partition coefficient (Wildman–Crippen LogP) is 23.2. The van der Waals surface area contributed by atoms with Crippen molar-refractivity contribution in [2.75, 3.05) is 0 Å². The van der Waals surface area contributed by atoms with E-state index in [0.29, 0.717) is 0 Å². The highest BCUT2D eigenvalue weighted by Crippen LogP contribution is 2.50. The summed E-state index contributed by atoms with van der Waals surface area (Å²) >= 11 is 0. The Balaban J connectivity index is 0.846. The third-order valence-electron chi connectivity index (χ3n) is 19.4. The molecule has 3 aromatic heterocycles. The standard InChI is InChI=1S/C88H55N5/c1-54-90-78-25-9-11-27-80(78)92(54)67-43-37-59(38-44-67)85-70-21-6-5-20-69(70)84(58-31-29-55(30-32-58)77-24-13-14-49-89-77)73-47-41-62(52-75(73)85)63-42-48-74-76(53-63)86(60-39-45-68(46-40-60)93-81-28-12-10-26-79(81)91-88(93)61-16-3-2-4-17-61)71-22-7-8-23-72(71)87(74)66-50-64-35-33-56-18-15-19-57-34-36-65(51-66)83(64)82(56)57/h2-53H,1H3. The van der Waals surface area contributed by atoms with Crippen LogP contribution in [0.5, 0.6) is 0 Å². The number of hydrogen-bond acceptors (Lipinski definition) is 3. The van der Waals surface area contributed by atoms with E-state index in [-0.39, 0.29) is 0 Å². The Labute approximate surface area is 536 Å². The van der Waals surface area contributed by atoms with Gasteiger partial charge in [0.05, 0.1) is 27.8 Å². The first-order valence-corrected chi connectivity index (χ1v) is 31.9. The van der Waals surface area contributed by atoms with Crippen molar-refractivity contribution in [3.63, 3.8) is 0 Å². The maximum atomic E-state index is 5.22. The van der Waals surface area contributed by atoms with Crippen LogP contribution in [0.4, 0.5) is 0 Å². The monoisotopic (exact) mass is 1180 g/mol. The minimum atomic E-state index is 0.912. The summed E-state index contributed by atoms with van der Waals surface area (Å²) in [6, 6.07) is 114. The molecule has 0 unspecified atom stereocenters. The molecule has 0 radical (unpaired) electrons. The van der Waals surface area contributed by atoms with Crippen LogP contribution < -0.4 is 0 Å². The lowest BCUT2D eigenvalue weighted by atomic mass is 9.83. The van der Waals surface area contributed by atoms with Crippen LogP contribution in [0, 0.1) is 6.92 Å². The second kappa shape index (κ2) is 20.9. The molecule has 0 N–H and O–H groups in total. The summed E-state index contributed by atoms with van der Waals surface area (Å²) < 4.78 is 4.56. The number of rotatable bonds is 9. The van der Waals surface area contributed by atoms with E-state index in [1.54, 1.807) is 0 Å². The van der Waals surface area contributed by atoms with Gasteiger partial charge in [0.15, 0.2) is 0 Å². The van der Waals surface area contributed by atoms with E-state index >= 15 is 0 Å². The molecule has 0 aliphatic rings. The number of imidazole rings is 2. The Morgan fingerprint density at radius 3 is 1.24 bits per heavy atom.